The van der Waals surface area contributed by atoms with Gasteiger partial charge in [-0.15, -0.1) is 0 Å². The number of benzene rings is 1. The van der Waals surface area contributed by atoms with Crippen LogP contribution in [0.2, 0.25) is 5.02 Å². The molecule has 0 aromatic heterocycles. The third kappa shape index (κ3) is 4.68. The van der Waals surface area contributed by atoms with Crippen molar-refractivity contribution in [3.05, 3.63) is 34.9 Å². The van der Waals surface area contributed by atoms with Crippen molar-refractivity contribution in [1.29, 1.82) is 0 Å². The lowest BCUT2D eigenvalue weighted by Gasteiger charge is -2.26. The Morgan fingerprint density at radius 1 is 1.47 bits per heavy atom. The molecular weight excluding hydrogens is 302 g/mol. The fourth-order valence-electron chi connectivity index (χ4n) is 1.62. The summed E-state index contributed by atoms with van der Waals surface area (Å²) in [5, 5.41) is 1.41. The van der Waals surface area contributed by atoms with Crippen LogP contribution in [-0.4, -0.2) is 22.2 Å². The minimum Gasteiger partial charge on any atom is -0.336 e. The Kier molecular flexibility index (Phi) is 6.00. The summed E-state index contributed by atoms with van der Waals surface area (Å²) in [7, 11) is 0. The first kappa shape index (κ1) is 14.5. The highest BCUT2D eigenvalue weighted by atomic mass is 79.9. The van der Waals surface area contributed by atoms with Gasteiger partial charge in [-0.1, -0.05) is 39.7 Å². The predicted molar refractivity (Wildman–Crippen MR) is 75.5 cm³/mol. The molecule has 1 aromatic carbocycles. The highest BCUT2D eigenvalue weighted by Gasteiger charge is 2.16. The zero-order valence-electron chi connectivity index (χ0n) is 10.1. The third-order valence-electron chi connectivity index (χ3n) is 2.49. The molecule has 0 fully saturated rings. The van der Waals surface area contributed by atoms with Crippen molar-refractivity contribution in [2.45, 2.75) is 32.9 Å². The molecule has 0 aliphatic heterocycles. The van der Waals surface area contributed by atoms with Gasteiger partial charge in [0.2, 0.25) is 5.91 Å². The van der Waals surface area contributed by atoms with Crippen molar-refractivity contribution in [2.75, 3.05) is 5.33 Å². The molecule has 0 unspecified atom stereocenters. The fourth-order valence-corrected chi connectivity index (χ4v) is 2.17. The van der Waals surface area contributed by atoms with E-state index in [0.29, 0.717) is 23.3 Å². The van der Waals surface area contributed by atoms with Gasteiger partial charge in [0.1, 0.15) is 0 Å². The molecule has 4 heteroatoms. The van der Waals surface area contributed by atoms with Crippen LogP contribution >= 0.6 is 27.5 Å². The van der Waals surface area contributed by atoms with Crippen molar-refractivity contribution in [1.82, 2.24) is 4.90 Å². The topological polar surface area (TPSA) is 20.3 Å². The number of alkyl halides is 1. The first-order valence-electron chi connectivity index (χ1n) is 5.64. The minimum absolute atomic E-state index is 0.164. The van der Waals surface area contributed by atoms with Gasteiger partial charge in [0.25, 0.3) is 0 Å². The molecule has 0 spiro atoms. The SMILES string of the molecule is CC(C)N(Cc1cccc(Cl)c1)C(=O)CCBr. The molecule has 94 valence electrons. The lowest BCUT2D eigenvalue weighted by Crippen LogP contribution is -2.36. The molecule has 17 heavy (non-hydrogen) atoms. The standard InChI is InChI=1S/C13H17BrClNO/c1-10(2)16(13(17)6-7-14)9-11-4-3-5-12(15)8-11/h3-5,8,10H,6-7,9H2,1-2H3. The van der Waals surface area contributed by atoms with Gasteiger partial charge in [-0.25, -0.2) is 0 Å². The maximum Gasteiger partial charge on any atom is 0.223 e. The molecule has 1 rings (SSSR count). The van der Waals surface area contributed by atoms with E-state index in [1.807, 2.05) is 43.0 Å². The Morgan fingerprint density at radius 2 is 2.18 bits per heavy atom. The highest BCUT2D eigenvalue weighted by Crippen LogP contribution is 2.15. The van der Waals surface area contributed by atoms with Crippen LogP contribution in [0.5, 0.6) is 0 Å². The second-order valence-corrected chi connectivity index (χ2v) is 5.41. The molecule has 0 heterocycles. The molecule has 0 atom stereocenters. The number of halogens is 2. The van der Waals surface area contributed by atoms with Gasteiger partial charge in [0, 0.05) is 29.4 Å². The molecular formula is C13H17BrClNO. The predicted octanol–water partition coefficient (Wildman–Crippen LogP) is 3.86. The Hall–Kier alpha value is -0.540. The number of amides is 1. The normalized spacial score (nSPS) is 10.6. The van der Waals surface area contributed by atoms with Crippen molar-refractivity contribution in [3.63, 3.8) is 0 Å². The number of nitrogens with zero attached hydrogens (tertiary/aromatic N) is 1. The van der Waals surface area contributed by atoms with Crippen LogP contribution in [0.4, 0.5) is 0 Å². The Morgan fingerprint density at radius 3 is 2.71 bits per heavy atom. The molecule has 1 amide bonds. The lowest BCUT2D eigenvalue weighted by atomic mass is 10.2. The molecule has 0 radical (unpaired) electrons. The van der Waals surface area contributed by atoms with Crippen molar-refractivity contribution >= 4 is 33.4 Å². The van der Waals surface area contributed by atoms with E-state index in [1.54, 1.807) is 0 Å². The molecule has 0 saturated heterocycles. The molecule has 1 aromatic rings. The first-order chi connectivity index (χ1) is 8.04. The number of hydrogen-bond donors (Lipinski definition) is 0. The maximum absolute atomic E-state index is 11.9. The molecule has 0 N–H and O–H groups in total. The first-order valence-corrected chi connectivity index (χ1v) is 7.14. The van der Waals surface area contributed by atoms with Crippen LogP contribution in [0.15, 0.2) is 24.3 Å². The minimum atomic E-state index is 0.164. The number of carbonyl (C=O) groups is 1. The van der Waals surface area contributed by atoms with Gasteiger partial charge in [-0.3, -0.25) is 4.79 Å². The second kappa shape index (κ2) is 7.02. The molecule has 0 aliphatic rings. The van der Waals surface area contributed by atoms with Gasteiger partial charge < -0.3 is 4.90 Å². The van der Waals surface area contributed by atoms with Gasteiger partial charge in [0.05, 0.1) is 0 Å². The van der Waals surface area contributed by atoms with E-state index in [4.69, 9.17) is 11.6 Å². The van der Waals surface area contributed by atoms with Gasteiger partial charge in [-0.2, -0.15) is 0 Å². The molecule has 0 aliphatic carbocycles. The van der Waals surface area contributed by atoms with Crippen LogP contribution in [0, 0.1) is 0 Å². The van der Waals surface area contributed by atoms with Crippen LogP contribution in [0.1, 0.15) is 25.8 Å². The third-order valence-corrected chi connectivity index (χ3v) is 3.13. The number of carbonyl (C=O) groups excluding carboxylic acids is 1. The lowest BCUT2D eigenvalue weighted by molar-refractivity contribution is -0.133. The van der Waals surface area contributed by atoms with Gasteiger partial charge in [0.15, 0.2) is 0 Å². The number of hydrogen-bond acceptors (Lipinski definition) is 1. The zero-order valence-corrected chi connectivity index (χ0v) is 12.5. The molecule has 2 nitrogen and oxygen atoms in total. The molecule has 0 bridgehead atoms. The Balaban J connectivity index is 2.76. The summed E-state index contributed by atoms with van der Waals surface area (Å²) in [5.74, 6) is 0.164. The van der Waals surface area contributed by atoms with E-state index in [2.05, 4.69) is 15.9 Å². The summed E-state index contributed by atoms with van der Waals surface area (Å²) in [5.41, 5.74) is 1.06. The van der Waals surface area contributed by atoms with E-state index >= 15 is 0 Å². The Labute approximate surface area is 116 Å². The average molecular weight is 319 g/mol. The maximum atomic E-state index is 11.9. The second-order valence-electron chi connectivity index (χ2n) is 4.18. The smallest absolute Gasteiger partial charge is 0.223 e. The van der Waals surface area contributed by atoms with Crippen LogP contribution < -0.4 is 0 Å². The van der Waals surface area contributed by atoms with Crippen molar-refractivity contribution < 1.29 is 4.79 Å². The number of rotatable bonds is 5. The quantitative estimate of drug-likeness (QED) is 0.755. The van der Waals surface area contributed by atoms with Crippen LogP contribution in [-0.2, 0) is 11.3 Å². The van der Waals surface area contributed by atoms with E-state index in [-0.39, 0.29) is 11.9 Å². The zero-order chi connectivity index (χ0) is 12.8. The van der Waals surface area contributed by atoms with Gasteiger partial charge in [-0.05, 0) is 31.5 Å². The highest BCUT2D eigenvalue weighted by molar-refractivity contribution is 9.09. The van der Waals surface area contributed by atoms with Gasteiger partial charge >= 0.3 is 0 Å². The largest absolute Gasteiger partial charge is 0.336 e. The summed E-state index contributed by atoms with van der Waals surface area (Å²) in [6, 6.07) is 7.83. The van der Waals surface area contributed by atoms with Crippen LogP contribution in [0.3, 0.4) is 0 Å². The van der Waals surface area contributed by atoms with Crippen LogP contribution in [0.25, 0.3) is 0 Å². The van der Waals surface area contributed by atoms with Crippen molar-refractivity contribution in [2.24, 2.45) is 0 Å². The van der Waals surface area contributed by atoms with Crippen molar-refractivity contribution in [3.8, 4) is 0 Å². The summed E-state index contributed by atoms with van der Waals surface area (Å²) < 4.78 is 0. The monoisotopic (exact) mass is 317 g/mol. The van der Waals surface area contributed by atoms with E-state index in [0.717, 1.165) is 5.56 Å². The summed E-state index contributed by atoms with van der Waals surface area (Å²) in [6.45, 7) is 4.66. The van der Waals surface area contributed by atoms with E-state index < -0.39 is 0 Å². The summed E-state index contributed by atoms with van der Waals surface area (Å²) in [6.07, 6.45) is 0.527. The van der Waals surface area contributed by atoms with E-state index in [1.165, 1.54) is 0 Å². The Bertz CT molecular complexity index is 381. The summed E-state index contributed by atoms with van der Waals surface area (Å²) >= 11 is 9.23. The summed E-state index contributed by atoms with van der Waals surface area (Å²) in [4.78, 5) is 13.8. The van der Waals surface area contributed by atoms with E-state index in [9.17, 15) is 4.79 Å². The average Bonchev–Trinajstić information content (AvgIpc) is 2.26. The molecule has 0 saturated carbocycles. The fraction of sp³-hybridized carbons (Fsp3) is 0.462.